The van der Waals surface area contributed by atoms with E-state index in [9.17, 15) is 14.7 Å². The van der Waals surface area contributed by atoms with Gasteiger partial charge in [-0.3, -0.25) is 14.6 Å². The van der Waals surface area contributed by atoms with E-state index in [1.807, 2.05) is 68.4 Å². The highest BCUT2D eigenvalue weighted by Gasteiger charge is 2.46. The Hall–Kier alpha value is -4.71. The number of hydrogen-bond acceptors (Lipinski definition) is 5. The smallest absolute Gasteiger partial charge is 0.295 e. The fraction of sp³-hybridized carbons (Fsp3) is 0.156. The molecule has 0 bridgehead atoms. The second-order valence-electron chi connectivity index (χ2n) is 9.44. The summed E-state index contributed by atoms with van der Waals surface area (Å²) < 4.78 is 5.92. The van der Waals surface area contributed by atoms with Gasteiger partial charge in [-0.1, -0.05) is 60.2 Å². The minimum absolute atomic E-state index is 0.0660. The van der Waals surface area contributed by atoms with Gasteiger partial charge >= 0.3 is 0 Å². The fourth-order valence-corrected chi connectivity index (χ4v) is 4.62. The van der Waals surface area contributed by atoms with Gasteiger partial charge in [0.05, 0.1) is 11.6 Å². The predicted octanol–water partition coefficient (Wildman–Crippen LogP) is 5.90. The van der Waals surface area contributed by atoms with Crippen LogP contribution in [-0.2, 0) is 22.7 Å². The van der Waals surface area contributed by atoms with Crippen LogP contribution in [0, 0.1) is 13.8 Å². The van der Waals surface area contributed by atoms with Crippen molar-refractivity contribution < 1.29 is 19.4 Å². The van der Waals surface area contributed by atoms with E-state index < -0.39 is 17.7 Å². The molecule has 1 unspecified atom stereocenters. The number of pyridine rings is 1. The number of likely N-dealkylation sites (tertiary alicyclic amines) is 1. The van der Waals surface area contributed by atoms with Crippen molar-refractivity contribution >= 4 is 17.4 Å². The summed E-state index contributed by atoms with van der Waals surface area (Å²) in [6, 6.07) is 25.5. The van der Waals surface area contributed by atoms with Crippen molar-refractivity contribution in [3.8, 4) is 5.75 Å². The molecule has 0 radical (unpaired) electrons. The Morgan fingerprint density at radius 3 is 2.34 bits per heavy atom. The number of ketones is 1. The van der Waals surface area contributed by atoms with Crippen molar-refractivity contribution in [2.45, 2.75) is 33.0 Å². The van der Waals surface area contributed by atoms with Crippen LogP contribution < -0.4 is 4.74 Å². The lowest BCUT2D eigenvalue weighted by atomic mass is 9.94. The number of Topliss-reactive ketones (excluding diaryl/α,β-unsaturated/α-hetero) is 1. The van der Waals surface area contributed by atoms with Gasteiger partial charge in [0.2, 0.25) is 0 Å². The SMILES string of the molecule is Cc1ccc(C2/C(=C(\O)c3ccc(OCc4ccccc4C)cc3)C(=O)C(=O)N2Cc2cccnc2)cc1. The van der Waals surface area contributed by atoms with Crippen LogP contribution in [0.25, 0.3) is 5.76 Å². The van der Waals surface area contributed by atoms with Crippen LogP contribution in [0.4, 0.5) is 0 Å². The first-order valence-corrected chi connectivity index (χ1v) is 12.4. The van der Waals surface area contributed by atoms with Gasteiger partial charge in [0.15, 0.2) is 0 Å². The number of carbonyl (C=O) groups excluding carboxylic acids is 2. The standard InChI is InChI=1S/C32H28N2O4/c1-21-9-11-24(12-10-21)29-28(31(36)32(37)34(29)19-23-7-5-17-33-18-23)30(35)25-13-15-27(16-14-25)38-20-26-8-4-3-6-22(26)2/h3-18,29,35H,19-20H2,1-2H3/b30-28+. The van der Waals surface area contributed by atoms with Crippen molar-refractivity contribution in [1.29, 1.82) is 0 Å². The molecule has 6 nitrogen and oxygen atoms in total. The lowest BCUT2D eigenvalue weighted by molar-refractivity contribution is -0.140. The molecule has 0 saturated carbocycles. The maximum Gasteiger partial charge on any atom is 0.295 e. The number of rotatable bonds is 7. The minimum Gasteiger partial charge on any atom is -0.507 e. The molecule has 5 rings (SSSR count). The lowest BCUT2D eigenvalue weighted by Crippen LogP contribution is -2.29. The molecular formula is C32H28N2O4. The van der Waals surface area contributed by atoms with Gasteiger partial charge in [-0.25, -0.2) is 0 Å². The minimum atomic E-state index is -0.729. The zero-order chi connectivity index (χ0) is 26.6. The van der Waals surface area contributed by atoms with Crippen molar-refractivity contribution in [3.05, 3.63) is 136 Å². The first kappa shape index (κ1) is 25.0. The first-order chi connectivity index (χ1) is 18.4. The van der Waals surface area contributed by atoms with E-state index in [0.717, 1.165) is 27.8 Å². The normalized spacial score (nSPS) is 16.6. The number of nitrogens with zero attached hydrogens (tertiary/aromatic N) is 2. The molecule has 1 fully saturated rings. The number of carbonyl (C=O) groups is 2. The summed E-state index contributed by atoms with van der Waals surface area (Å²) in [5.74, 6) is -0.944. The molecular weight excluding hydrogens is 476 g/mol. The molecule has 38 heavy (non-hydrogen) atoms. The maximum absolute atomic E-state index is 13.3. The van der Waals surface area contributed by atoms with Gasteiger partial charge in [-0.15, -0.1) is 0 Å². The monoisotopic (exact) mass is 504 g/mol. The Kier molecular flexibility index (Phi) is 7.05. The summed E-state index contributed by atoms with van der Waals surface area (Å²) >= 11 is 0. The summed E-state index contributed by atoms with van der Waals surface area (Å²) in [5, 5.41) is 11.3. The van der Waals surface area contributed by atoms with Gasteiger partial charge in [-0.2, -0.15) is 0 Å². The molecule has 2 heterocycles. The van der Waals surface area contributed by atoms with Crippen molar-refractivity contribution in [2.24, 2.45) is 0 Å². The molecule has 1 aliphatic rings. The Bertz CT molecular complexity index is 1490. The number of ether oxygens (including phenoxy) is 1. The third kappa shape index (κ3) is 5.06. The molecule has 0 spiro atoms. The maximum atomic E-state index is 13.3. The summed E-state index contributed by atoms with van der Waals surface area (Å²) in [6.45, 7) is 4.62. The van der Waals surface area contributed by atoms with Gasteiger partial charge < -0.3 is 14.7 Å². The van der Waals surface area contributed by atoms with E-state index in [1.165, 1.54) is 4.90 Å². The number of aryl methyl sites for hydroxylation is 2. The number of aromatic nitrogens is 1. The second kappa shape index (κ2) is 10.7. The molecule has 3 aromatic carbocycles. The molecule has 1 saturated heterocycles. The number of benzene rings is 3. The topological polar surface area (TPSA) is 79.7 Å². The number of aliphatic hydroxyl groups is 1. The summed E-state index contributed by atoms with van der Waals surface area (Å²) in [6.07, 6.45) is 3.32. The van der Waals surface area contributed by atoms with Crippen molar-refractivity contribution in [3.63, 3.8) is 0 Å². The molecule has 1 amide bonds. The van der Waals surface area contributed by atoms with Gasteiger partial charge in [0.1, 0.15) is 18.1 Å². The summed E-state index contributed by atoms with van der Waals surface area (Å²) in [5.41, 5.74) is 5.33. The van der Waals surface area contributed by atoms with Crippen LogP contribution >= 0.6 is 0 Å². The third-order valence-electron chi connectivity index (χ3n) is 6.79. The van der Waals surface area contributed by atoms with Gasteiger partial charge in [0.25, 0.3) is 11.7 Å². The van der Waals surface area contributed by atoms with Crippen LogP contribution in [0.3, 0.4) is 0 Å². The highest BCUT2D eigenvalue weighted by molar-refractivity contribution is 6.46. The predicted molar refractivity (Wildman–Crippen MR) is 145 cm³/mol. The van der Waals surface area contributed by atoms with Crippen LogP contribution in [0.5, 0.6) is 5.75 Å². The van der Waals surface area contributed by atoms with E-state index in [-0.39, 0.29) is 17.9 Å². The fourth-order valence-electron chi connectivity index (χ4n) is 4.62. The largest absolute Gasteiger partial charge is 0.507 e. The highest BCUT2D eigenvalue weighted by atomic mass is 16.5. The van der Waals surface area contributed by atoms with Crippen molar-refractivity contribution in [2.75, 3.05) is 0 Å². The van der Waals surface area contributed by atoms with E-state index in [0.29, 0.717) is 17.9 Å². The van der Waals surface area contributed by atoms with Crippen LogP contribution in [0.15, 0.2) is 103 Å². The van der Waals surface area contributed by atoms with E-state index in [1.54, 1.807) is 42.7 Å². The van der Waals surface area contributed by atoms with E-state index in [2.05, 4.69) is 4.98 Å². The van der Waals surface area contributed by atoms with Gasteiger partial charge in [-0.05, 0) is 66.4 Å². The Morgan fingerprint density at radius 2 is 1.66 bits per heavy atom. The number of aliphatic hydroxyl groups excluding tert-OH is 1. The lowest BCUT2D eigenvalue weighted by Gasteiger charge is -2.25. The van der Waals surface area contributed by atoms with Crippen LogP contribution in [0.1, 0.15) is 39.4 Å². The van der Waals surface area contributed by atoms with E-state index in [4.69, 9.17) is 4.74 Å². The average molecular weight is 505 g/mol. The molecule has 1 N–H and O–H groups in total. The number of hydrogen-bond donors (Lipinski definition) is 1. The molecule has 4 aromatic rings. The molecule has 1 atom stereocenters. The van der Waals surface area contributed by atoms with Crippen LogP contribution in [-0.4, -0.2) is 26.7 Å². The van der Waals surface area contributed by atoms with Crippen molar-refractivity contribution in [1.82, 2.24) is 9.88 Å². The first-order valence-electron chi connectivity index (χ1n) is 12.4. The Morgan fingerprint density at radius 1 is 0.921 bits per heavy atom. The molecule has 190 valence electrons. The van der Waals surface area contributed by atoms with Gasteiger partial charge in [0, 0.05) is 24.5 Å². The molecule has 1 aromatic heterocycles. The van der Waals surface area contributed by atoms with E-state index >= 15 is 0 Å². The highest BCUT2D eigenvalue weighted by Crippen LogP contribution is 2.40. The van der Waals surface area contributed by atoms with Crippen LogP contribution in [0.2, 0.25) is 0 Å². The Labute approximate surface area is 221 Å². The zero-order valence-electron chi connectivity index (χ0n) is 21.3. The number of amides is 1. The molecule has 1 aliphatic heterocycles. The quantitative estimate of drug-likeness (QED) is 0.193. The average Bonchev–Trinajstić information content (AvgIpc) is 3.18. The Balaban J connectivity index is 1.47. The third-order valence-corrected chi connectivity index (χ3v) is 6.79. The molecule has 0 aliphatic carbocycles. The summed E-state index contributed by atoms with van der Waals surface area (Å²) in [7, 11) is 0. The summed E-state index contributed by atoms with van der Waals surface area (Å²) in [4.78, 5) is 32.1. The second-order valence-corrected chi connectivity index (χ2v) is 9.44. The molecule has 6 heteroatoms. The zero-order valence-corrected chi connectivity index (χ0v) is 21.3.